The molecule has 2 aromatic rings. The monoisotopic (exact) mass is 343 g/mol. The summed E-state index contributed by atoms with van der Waals surface area (Å²) in [6.45, 7) is 4.51. The van der Waals surface area contributed by atoms with E-state index in [4.69, 9.17) is 24.4 Å². The Hall–Kier alpha value is -2.04. The number of rotatable bonds is 3. The lowest BCUT2D eigenvalue weighted by molar-refractivity contribution is -2.00. The number of pyridine rings is 1. The predicted octanol–water partition coefficient (Wildman–Crippen LogP) is -3.64. The number of halogens is 1. The summed E-state index contributed by atoms with van der Waals surface area (Å²) in [6.07, 6.45) is 1.99. The zero-order chi connectivity index (χ0) is 17.6. The molecule has 2 rings (SSSR count). The van der Waals surface area contributed by atoms with Crippen LogP contribution in [0, 0.1) is 24.1 Å². The van der Waals surface area contributed by atoms with Gasteiger partial charge in [0.25, 0.3) is 5.82 Å². The molecule has 0 aliphatic carbocycles. The van der Waals surface area contributed by atoms with Gasteiger partial charge in [-0.2, -0.15) is 0 Å². The molecule has 0 saturated carbocycles. The second-order valence-corrected chi connectivity index (χ2v) is 5.46. The van der Waals surface area contributed by atoms with Crippen molar-refractivity contribution >= 4 is 11.6 Å². The minimum Gasteiger partial charge on any atom is -0.366 e. The number of hydrogen-bond acceptors (Lipinski definition) is 8. The van der Waals surface area contributed by atoms with Gasteiger partial charge in [0.15, 0.2) is 0 Å². The van der Waals surface area contributed by atoms with Gasteiger partial charge in [-0.15, -0.1) is 10.2 Å². The fourth-order valence-corrected chi connectivity index (χ4v) is 1.68. The average molecular weight is 344 g/mol. The summed E-state index contributed by atoms with van der Waals surface area (Å²) in [5.41, 5.74) is 7.85. The highest BCUT2D eigenvalue weighted by Gasteiger charge is 2.11. The number of nitrogens with zero attached hydrogens (tertiary/aromatic N) is 3. The van der Waals surface area contributed by atoms with Crippen molar-refractivity contribution in [2.75, 3.05) is 11.1 Å². The van der Waals surface area contributed by atoms with Gasteiger partial charge in [-0.3, -0.25) is 0 Å². The van der Waals surface area contributed by atoms with Crippen molar-refractivity contribution < 1.29 is 33.4 Å². The van der Waals surface area contributed by atoms with Crippen molar-refractivity contribution in [2.24, 2.45) is 7.05 Å². The summed E-state index contributed by atoms with van der Waals surface area (Å²) in [4.78, 5) is 8.66. The van der Waals surface area contributed by atoms with Crippen LogP contribution in [0.2, 0.25) is 0 Å². The van der Waals surface area contributed by atoms with Crippen molar-refractivity contribution in [3.05, 3.63) is 41.5 Å². The van der Waals surface area contributed by atoms with Gasteiger partial charge >= 0.3 is 0 Å². The van der Waals surface area contributed by atoms with Crippen molar-refractivity contribution in [1.82, 2.24) is 9.97 Å². The molecule has 0 radical (unpaired) electrons. The lowest BCUT2D eigenvalue weighted by atomic mass is 10.3. The van der Waals surface area contributed by atoms with Crippen LogP contribution in [0.3, 0.4) is 0 Å². The van der Waals surface area contributed by atoms with Gasteiger partial charge in [-0.25, -0.2) is 28.2 Å². The van der Waals surface area contributed by atoms with E-state index in [0.717, 1.165) is 22.9 Å². The molecule has 0 spiro atoms. The average Bonchev–Trinajstić information content (AvgIpc) is 2.40. The Balaban J connectivity index is 0.000000463. The summed E-state index contributed by atoms with van der Waals surface area (Å²) in [7, 11) is -2.99. The van der Waals surface area contributed by atoms with Crippen LogP contribution in [-0.2, 0) is 13.6 Å². The van der Waals surface area contributed by atoms with E-state index in [1.165, 1.54) is 0 Å². The summed E-state index contributed by atoms with van der Waals surface area (Å²) >= 11 is 0. The molecule has 0 amide bonds. The summed E-state index contributed by atoms with van der Waals surface area (Å²) in [5.74, 6) is 2.30. The second-order valence-electron chi connectivity index (χ2n) is 4.71. The molecule has 2 heterocycles. The van der Waals surface area contributed by atoms with Crippen LogP contribution >= 0.6 is 0 Å². The van der Waals surface area contributed by atoms with E-state index < -0.39 is 10.2 Å². The molecule has 2 aromatic heterocycles. The molecule has 10 heteroatoms. The van der Waals surface area contributed by atoms with E-state index >= 15 is 0 Å². The standard InChI is InChI=1S/C13H17N5.ClHO4/c1-9-5-4-6-12(16-9)15-7-11-8-18(3)10(2)17-13(11)14;2-1(3,4)5/h4-6,8,14H,7H2,1-3H3,(H,15,16);(H,2,3,4,5). The number of nitrogens with one attached hydrogen (secondary N) is 1. The Kier molecular flexibility index (Phi) is 6.61. The summed E-state index contributed by atoms with van der Waals surface area (Å²) in [5, 5.41) is 3.24. The number of nitrogen functional groups attached to an aromatic ring is 1. The van der Waals surface area contributed by atoms with Gasteiger partial charge in [0, 0.05) is 12.6 Å². The van der Waals surface area contributed by atoms with E-state index in [9.17, 15) is 0 Å². The molecular weight excluding hydrogens is 326 g/mol. The smallest absolute Gasteiger partial charge is 0.297 e. The minimum atomic E-state index is -4.94. The largest absolute Gasteiger partial charge is 0.366 e. The molecule has 0 aliphatic rings. The molecule has 0 aromatic carbocycles. The van der Waals surface area contributed by atoms with E-state index in [-0.39, 0.29) is 0 Å². The number of nitrogens with two attached hydrogens (primary N) is 1. The second kappa shape index (κ2) is 7.99. The molecular formula is C13H18ClN5O4. The first-order valence-electron chi connectivity index (χ1n) is 6.47. The highest BCUT2D eigenvalue weighted by Crippen LogP contribution is 2.10. The summed E-state index contributed by atoms with van der Waals surface area (Å²) in [6, 6.07) is 5.87. The Morgan fingerprint density at radius 1 is 1.17 bits per heavy atom. The fourth-order valence-electron chi connectivity index (χ4n) is 1.68. The van der Waals surface area contributed by atoms with Gasteiger partial charge in [0.05, 0.1) is 19.2 Å². The van der Waals surface area contributed by atoms with Crippen molar-refractivity contribution in [3.8, 4) is 0 Å². The SMILES string of the molecule is Cc1cccc(NCc2c[n+](C)c(C)nc2N)n1.[O-][Cl+3]([O-])([O-])[O-]. The molecule has 126 valence electrons. The predicted molar refractivity (Wildman–Crippen MR) is 70.9 cm³/mol. The molecule has 23 heavy (non-hydrogen) atoms. The quantitative estimate of drug-likeness (QED) is 0.539. The number of hydrogen-bond donors (Lipinski definition) is 2. The lowest BCUT2D eigenvalue weighted by Crippen LogP contribution is -2.68. The van der Waals surface area contributed by atoms with E-state index in [2.05, 4.69) is 15.3 Å². The molecule has 0 unspecified atom stereocenters. The van der Waals surface area contributed by atoms with Crippen LogP contribution in [-0.4, -0.2) is 9.97 Å². The minimum absolute atomic E-state index is 0.561. The van der Waals surface area contributed by atoms with E-state index in [1.54, 1.807) is 0 Å². The lowest BCUT2D eigenvalue weighted by Gasteiger charge is -2.17. The van der Waals surface area contributed by atoms with Gasteiger partial charge in [0.1, 0.15) is 12.0 Å². The molecule has 0 saturated heterocycles. The Bertz CT molecular complexity index is 657. The maximum atomic E-state index is 8.49. The zero-order valence-corrected chi connectivity index (χ0v) is 13.7. The molecule has 0 fully saturated rings. The van der Waals surface area contributed by atoms with Crippen molar-refractivity contribution in [1.29, 1.82) is 0 Å². The first-order chi connectivity index (χ1) is 10.6. The number of aryl methyl sites for hydroxylation is 3. The maximum absolute atomic E-state index is 8.49. The van der Waals surface area contributed by atoms with Crippen LogP contribution in [0.25, 0.3) is 0 Å². The highest BCUT2D eigenvalue weighted by molar-refractivity contribution is 5.41. The Labute approximate surface area is 135 Å². The van der Waals surface area contributed by atoms with Crippen LogP contribution in [0.1, 0.15) is 17.1 Å². The molecule has 0 bridgehead atoms. The Morgan fingerprint density at radius 2 is 1.78 bits per heavy atom. The number of anilines is 2. The highest BCUT2D eigenvalue weighted by atomic mass is 35.7. The molecule has 9 nitrogen and oxygen atoms in total. The molecule has 0 atom stereocenters. The van der Waals surface area contributed by atoms with Gasteiger partial charge < -0.3 is 11.1 Å². The Morgan fingerprint density at radius 3 is 2.35 bits per heavy atom. The van der Waals surface area contributed by atoms with Crippen LogP contribution in [0.15, 0.2) is 24.4 Å². The van der Waals surface area contributed by atoms with Crippen molar-refractivity contribution in [3.63, 3.8) is 0 Å². The maximum Gasteiger partial charge on any atom is 0.297 e. The molecule has 3 N–H and O–H groups in total. The summed E-state index contributed by atoms with van der Waals surface area (Å²) < 4.78 is 35.9. The van der Waals surface area contributed by atoms with Crippen LogP contribution < -0.4 is 34.3 Å². The van der Waals surface area contributed by atoms with Gasteiger partial charge in [-0.1, -0.05) is 6.07 Å². The van der Waals surface area contributed by atoms with E-state index in [0.29, 0.717) is 12.4 Å². The third-order valence-electron chi connectivity index (χ3n) is 2.82. The first kappa shape index (κ1) is 19.0. The third-order valence-corrected chi connectivity index (χ3v) is 2.82. The van der Waals surface area contributed by atoms with Crippen molar-refractivity contribution in [2.45, 2.75) is 20.4 Å². The van der Waals surface area contributed by atoms with Gasteiger partial charge in [-0.05, 0) is 24.0 Å². The van der Waals surface area contributed by atoms with E-state index in [1.807, 2.05) is 49.9 Å². The normalized spacial score (nSPS) is 10.7. The fraction of sp³-hybridized carbons (Fsp3) is 0.308. The molecule has 0 aliphatic heterocycles. The van der Waals surface area contributed by atoms with Gasteiger partial charge in [0.2, 0.25) is 5.82 Å². The van der Waals surface area contributed by atoms with Crippen LogP contribution in [0.5, 0.6) is 0 Å². The number of aromatic nitrogens is 3. The third kappa shape index (κ3) is 7.68. The van der Waals surface area contributed by atoms with Crippen LogP contribution in [0.4, 0.5) is 11.6 Å². The topological polar surface area (TPSA) is 160 Å². The zero-order valence-electron chi connectivity index (χ0n) is 12.9. The first-order valence-corrected chi connectivity index (χ1v) is 7.70.